The minimum absolute atomic E-state index is 0.0114. The first-order valence-electron chi connectivity index (χ1n) is 5.49. The quantitative estimate of drug-likeness (QED) is 0.817. The molecule has 0 N–H and O–H groups in total. The van der Waals surface area contributed by atoms with Crippen molar-refractivity contribution in [1.82, 2.24) is 9.47 Å². The number of hydrogen-bond donors (Lipinski definition) is 0. The summed E-state index contributed by atoms with van der Waals surface area (Å²) in [6, 6.07) is 1.36. The molecule has 1 amide bonds. The van der Waals surface area contributed by atoms with Crippen LogP contribution in [0.15, 0.2) is 17.1 Å². The topological polar surface area (TPSA) is 51.5 Å². The van der Waals surface area contributed by atoms with Crippen molar-refractivity contribution in [2.24, 2.45) is 0 Å². The fraction of sp³-hybridized carbons (Fsp3) is 0.455. The number of nitrogens with zero attached hydrogens (tertiary/aromatic N) is 2. The van der Waals surface area contributed by atoms with Gasteiger partial charge in [0.2, 0.25) is 5.91 Å². The summed E-state index contributed by atoms with van der Waals surface area (Å²) >= 11 is 11.5. The van der Waals surface area contributed by atoms with Gasteiger partial charge in [0.15, 0.2) is 0 Å². The summed E-state index contributed by atoms with van der Waals surface area (Å²) in [5, 5.41) is 0.339. The largest absolute Gasteiger partial charge is 0.378 e. The third-order valence-corrected chi connectivity index (χ3v) is 3.16. The van der Waals surface area contributed by atoms with Crippen molar-refractivity contribution in [3.05, 3.63) is 32.7 Å². The fourth-order valence-electron chi connectivity index (χ4n) is 1.74. The smallest absolute Gasteiger partial charge is 0.269 e. The van der Waals surface area contributed by atoms with Gasteiger partial charge in [0.05, 0.1) is 18.2 Å². The van der Waals surface area contributed by atoms with Crippen molar-refractivity contribution < 1.29 is 9.53 Å². The molecular weight excluding hydrogens is 279 g/mol. The molecular formula is C11H12Cl2N2O3. The van der Waals surface area contributed by atoms with E-state index < -0.39 is 5.56 Å². The van der Waals surface area contributed by atoms with Crippen LogP contribution in [-0.2, 0) is 16.1 Å². The van der Waals surface area contributed by atoms with Gasteiger partial charge in [-0.15, -0.1) is 0 Å². The minimum atomic E-state index is -0.414. The summed E-state index contributed by atoms with van der Waals surface area (Å²) in [5.41, 5.74) is -0.414. The number of hydrogen-bond acceptors (Lipinski definition) is 3. The van der Waals surface area contributed by atoms with E-state index in [0.29, 0.717) is 31.3 Å². The molecule has 1 aliphatic rings. The molecule has 98 valence electrons. The SMILES string of the molecule is O=C(Cn1cc(Cl)cc(Cl)c1=O)N1CCOCC1. The molecule has 0 spiro atoms. The first kappa shape index (κ1) is 13.4. The van der Waals surface area contributed by atoms with Crippen molar-refractivity contribution in [2.75, 3.05) is 26.3 Å². The highest BCUT2D eigenvalue weighted by Gasteiger charge is 2.18. The van der Waals surface area contributed by atoms with Crippen LogP contribution in [0.2, 0.25) is 10.0 Å². The Kier molecular flexibility index (Phi) is 4.27. The molecule has 2 heterocycles. The van der Waals surface area contributed by atoms with Crippen molar-refractivity contribution in [3.8, 4) is 0 Å². The lowest BCUT2D eigenvalue weighted by Crippen LogP contribution is -2.43. The monoisotopic (exact) mass is 290 g/mol. The van der Waals surface area contributed by atoms with E-state index in [1.165, 1.54) is 16.8 Å². The zero-order valence-corrected chi connectivity index (χ0v) is 11.1. The molecule has 1 fully saturated rings. The van der Waals surface area contributed by atoms with Gasteiger partial charge in [-0.05, 0) is 6.07 Å². The van der Waals surface area contributed by atoms with Crippen LogP contribution in [0.3, 0.4) is 0 Å². The Morgan fingerprint density at radius 3 is 2.67 bits per heavy atom. The highest BCUT2D eigenvalue weighted by Crippen LogP contribution is 2.11. The predicted octanol–water partition coefficient (Wildman–Crippen LogP) is 1.01. The highest BCUT2D eigenvalue weighted by molar-refractivity contribution is 6.34. The number of amides is 1. The average molecular weight is 291 g/mol. The second-order valence-corrected chi connectivity index (χ2v) is 4.78. The van der Waals surface area contributed by atoms with Crippen LogP contribution in [0, 0.1) is 0 Å². The number of aromatic nitrogens is 1. The maximum atomic E-state index is 12.0. The molecule has 0 saturated carbocycles. The van der Waals surface area contributed by atoms with Gasteiger partial charge in [-0.2, -0.15) is 0 Å². The van der Waals surface area contributed by atoms with Gasteiger partial charge >= 0.3 is 0 Å². The van der Waals surface area contributed by atoms with Crippen LogP contribution < -0.4 is 5.56 Å². The lowest BCUT2D eigenvalue weighted by molar-refractivity contribution is -0.135. The van der Waals surface area contributed by atoms with Crippen molar-refractivity contribution in [3.63, 3.8) is 0 Å². The zero-order chi connectivity index (χ0) is 13.1. The number of halogens is 2. The summed E-state index contributed by atoms with van der Waals surface area (Å²) in [5.74, 6) is -0.140. The van der Waals surface area contributed by atoms with Crippen LogP contribution >= 0.6 is 23.2 Å². The van der Waals surface area contributed by atoms with Crippen LogP contribution in [0.5, 0.6) is 0 Å². The lowest BCUT2D eigenvalue weighted by atomic mass is 10.4. The summed E-state index contributed by atoms with van der Waals surface area (Å²) in [6.07, 6.45) is 1.41. The lowest BCUT2D eigenvalue weighted by Gasteiger charge is -2.27. The van der Waals surface area contributed by atoms with Crippen molar-refractivity contribution in [2.45, 2.75) is 6.54 Å². The van der Waals surface area contributed by atoms with E-state index >= 15 is 0 Å². The molecule has 0 radical (unpaired) electrons. The molecule has 0 atom stereocenters. The third kappa shape index (κ3) is 3.04. The Balaban J connectivity index is 2.13. The normalized spacial score (nSPS) is 15.8. The van der Waals surface area contributed by atoms with E-state index in [4.69, 9.17) is 27.9 Å². The van der Waals surface area contributed by atoms with Gasteiger partial charge < -0.3 is 14.2 Å². The van der Waals surface area contributed by atoms with Crippen LogP contribution in [-0.4, -0.2) is 41.7 Å². The van der Waals surface area contributed by atoms with E-state index in [1.807, 2.05) is 0 Å². The molecule has 0 unspecified atom stereocenters. The van der Waals surface area contributed by atoms with Crippen LogP contribution in [0.1, 0.15) is 0 Å². The molecule has 18 heavy (non-hydrogen) atoms. The average Bonchev–Trinajstić information content (AvgIpc) is 2.36. The summed E-state index contributed by atoms with van der Waals surface area (Å²) in [7, 11) is 0. The Hall–Kier alpha value is -1.04. The van der Waals surface area contributed by atoms with Gasteiger partial charge in [-0.25, -0.2) is 0 Å². The van der Waals surface area contributed by atoms with Crippen LogP contribution in [0.4, 0.5) is 0 Å². The summed E-state index contributed by atoms with van der Waals surface area (Å²) < 4.78 is 6.38. The number of morpholine rings is 1. The van der Waals surface area contributed by atoms with Crippen molar-refractivity contribution >= 4 is 29.1 Å². The van der Waals surface area contributed by atoms with Crippen LogP contribution in [0.25, 0.3) is 0 Å². The number of carbonyl (C=O) groups excluding carboxylic acids is 1. The number of carbonyl (C=O) groups is 1. The summed E-state index contributed by atoms with van der Waals surface area (Å²) in [6.45, 7) is 2.08. The zero-order valence-electron chi connectivity index (χ0n) is 9.57. The number of pyridine rings is 1. The van der Waals surface area contributed by atoms with Gasteiger partial charge in [0.1, 0.15) is 11.6 Å². The first-order valence-corrected chi connectivity index (χ1v) is 6.24. The maximum absolute atomic E-state index is 12.0. The second-order valence-electron chi connectivity index (χ2n) is 3.93. The van der Waals surface area contributed by atoms with E-state index in [-0.39, 0.29) is 17.5 Å². The minimum Gasteiger partial charge on any atom is -0.378 e. The summed E-state index contributed by atoms with van der Waals surface area (Å²) in [4.78, 5) is 25.3. The maximum Gasteiger partial charge on any atom is 0.269 e. The molecule has 1 aromatic heterocycles. The number of ether oxygens (including phenoxy) is 1. The van der Waals surface area contributed by atoms with Crippen molar-refractivity contribution in [1.29, 1.82) is 0 Å². The molecule has 1 aromatic rings. The van der Waals surface area contributed by atoms with Gasteiger partial charge in [-0.3, -0.25) is 9.59 Å². The predicted molar refractivity (Wildman–Crippen MR) is 68.1 cm³/mol. The standard InChI is InChI=1S/C11H12Cl2N2O3/c12-8-5-9(13)11(17)15(6-8)7-10(16)14-1-3-18-4-2-14/h5-6H,1-4,7H2. The molecule has 1 aliphatic heterocycles. The van der Waals surface area contributed by atoms with Gasteiger partial charge in [0.25, 0.3) is 5.56 Å². The van der Waals surface area contributed by atoms with Gasteiger partial charge in [-0.1, -0.05) is 23.2 Å². The Morgan fingerprint density at radius 1 is 1.33 bits per heavy atom. The Bertz CT molecular complexity index is 510. The Labute approximate surface area is 114 Å². The Morgan fingerprint density at radius 2 is 2.00 bits per heavy atom. The fourth-order valence-corrected chi connectivity index (χ4v) is 2.25. The molecule has 5 nitrogen and oxygen atoms in total. The third-order valence-electron chi connectivity index (χ3n) is 2.68. The van der Waals surface area contributed by atoms with E-state index in [1.54, 1.807) is 4.90 Å². The van der Waals surface area contributed by atoms with E-state index in [0.717, 1.165) is 0 Å². The second kappa shape index (κ2) is 5.73. The molecule has 0 aliphatic carbocycles. The molecule has 2 rings (SSSR count). The molecule has 7 heteroatoms. The van der Waals surface area contributed by atoms with E-state index in [2.05, 4.69) is 0 Å². The molecule has 0 bridgehead atoms. The molecule has 0 aromatic carbocycles. The molecule has 1 saturated heterocycles. The van der Waals surface area contributed by atoms with Gasteiger partial charge in [0, 0.05) is 19.3 Å². The number of rotatable bonds is 2. The first-order chi connectivity index (χ1) is 8.58. The van der Waals surface area contributed by atoms with E-state index in [9.17, 15) is 9.59 Å². The highest BCUT2D eigenvalue weighted by atomic mass is 35.5.